The van der Waals surface area contributed by atoms with Crippen molar-refractivity contribution in [2.75, 3.05) is 6.54 Å². The second kappa shape index (κ2) is 5.56. The third-order valence-corrected chi connectivity index (χ3v) is 5.14. The third-order valence-electron chi connectivity index (χ3n) is 3.51. The van der Waals surface area contributed by atoms with Crippen molar-refractivity contribution in [3.05, 3.63) is 29.6 Å². The van der Waals surface area contributed by atoms with E-state index in [1.807, 2.05) is 6.92 Å². The molecule has 19 heavy (non-hydrogen) atoms. The Bertz CT molecular complexity index is 560. The molecule has 1 saturated heterocycles. The summed E-state index contributed by atoms with van der Waals surface area (Å²) in [5.74, 6) is -0.541. The molecule has 106 valence electrons. The van der Waals surface area contributed by atoms with E-state index in [2.05, 4.69) is 10.0 Å². The lowest BCUT2D eigenvalue weighted by Crippen LogP contribution is -2.51. The van der Waals surface area contributed by atoms with Gasteiger partial charge < -0.3 is 5.32 Å². The van der Waals surface area contributed by atoms with E-state index in [1.165, 1.54) is 12.1 Å². The first kappa shape index (κ1) is 14.4. The highest BCUT2D eigenvalue weighted by molar-refractivity contribution is 7.89. The van der Waals surface area contributed by atoms with Crippen LogP contribution < -0.4 is 10.0 Å². The van der Waals surface area contributed by atoms with Crippen LogP contribution in [0.5, 0.6) is 0 Å². The highest BCUT2D eigenvalue weighted by Crippen LogP contribution is 2.18. The predicted octanol–water partition coefficient (Wildman–Crippen LogP) is 1.55. The van der Waals surface area contributed by atoms with Gasteiger partial charge in [0, 0.05) is 12.1 Å². The number of hydrogen-bond donors (Lipinski definition) is 2. The molecule has 1 heterocycles. The quantitative estimate of drug-likeness (QED) is 0.886. The molecule has 1 aromatic carbocycles. The van der Waals surface area contributed by atoms with E-state index >= 15 is 0 Å². The van der Waals surface area contributed by atoms with Gasteiger partial charge in [0.15, 0.2) is 0 Å². The molecule has 1 aromatic rings. The first-order valence-electron chi connectivity index (χ1n) is 6.42. The summed E-state index contributed by atoms with van der Waals surface area (Å²) in [4.78, 5) is 0.0188. The maximum Gasteiger partial charge on any atom is 0.241 e. The summed E-state index contributed by atoms with van der Waals surface area (Å²) in [5, 5.41) is 3.23. The number of rotatable bonds is 3. The molecule has 0 spiro atoms. The Morgan fingerprint density at radius 2 is 2.16 bits per heavy atom. The van der Waals surface area contributed by atoms with Crippen LogP contribution in [0, 0.1) is 12.7 Å². The molecule has 0 bridgehead atoms. The van der Waals surface area contributed by atoms with Crippen LogP contribution in [0.1, 0.15) is 25.3 Å². The molecule has 6 heteroatoms. The van der Waals surface area contributed by atoms with Gasteiger partial charge in [0.25, 0.3) is 0 Å². The van der Waals surface area contributed by atoms with Crippen LogP contribution in [-0.2, 0) is 10.0 Å². The van der Waals surface area contributed by atoms with Crippen LogP contribution >= 0.6 is 0 Å². The lowest BCUT2D eigenvalue weighted by Gasteiger charge is -2.30. The van der Waals surface area contributed by atoms with Crippen LogP contribution in [0.2, 0.25) is 0 Å². The van der Waals surface area contributed by atoms with Crippen molar-refractivity contribution in [2.45, 2.75) is 43.7 Å². The van der Waals surface area contributed by atoms with E-state index in [1.54, 1.807) is 6.92 Å². The van der Waals surface area contributed by atoms with Crippen molar-refractivity contribution in [3.63, 3.8) is 0 Å². The molecule has 1 fully saturated rings. The molecule has 2 rings (SSSR count). The Balaban J connectivity index is 2.24. The van der Waals surface area contributed by atoms with E-state index in [9.17, 15) is 12.8 Å². The Morgan fingerprint density at radius 1 is 1.42 bits per heavy atom. The van der Waals surface area contributed by atoms with E-state index in [-0.39, 0.29) is 17.0 Å². The van der Waals surface area contributed by atoms with Gasteiger partial charge >= 0.3 is 0 Å². The van der Waals surface area contributed by atoms with Gasteiger partial charge in [-0.3, -0.25) is 0 Å². The first-order valence-corrected chi connectivity index (χ1v) is 7.90. The van der Waals surface area contributed by atoms with Crippen LogP contribution in [0.3, 0.4) is 0 Å². The summed E-state index contributed by atoms with van der Waals surface area (Å²) < 4.78 is 40.5. The highest BCUT2D eigenvalue weighted by atomic mass is 32.2. The SMILES string of the molecule is Cc1ccc(F)cc1S(=O)(=O)N[C@H]1CCCN[C@@H]1C. The summed E-state index contributed by atoms with van der Waals surface area (Å²) in [6.45, 7) is 4.51. The lowest BCUT2D eigenvalue weighted by atomic mass is 10.0. The molecule has 2 N–H and O–H groups in total. The Labute approximate surface area is 113 Å². The van der Waals surface area contributed by atoms with Crippen LogP contribution in [-0.4, -0.2) is 27.0 Å². The van der Waals surface area contributed by atoms with Crippen molar-refractivity contribution < 1.29 is 12.8 Å². The normalized spacial score (nSPS) is 24.4. The number of sulfonamides is 1. The zero-order valence-corrected chi connectivity index (χ0v) is 11.9. The summed E-state index contributed by atoms with van der Waals surface area (Å²) >= 11 is 0. The molecule has 2 atom stereocenters. The molecular weight excluding hydrogens is 267 g/mol. The Kier molecular flexibility index (Phi) is 4.23. The molecule has 4 nitrogen and oxygen atoms in total. The van der Waals surface area contributed by atoms with Gasteiger partial charge in [0.2, 0.25) is 10.0 Å². The largest absolute Gasteiger partial charge is 0.313 e. The van der Waals surface area contributed by atoms with Gasteiger partial charge in [-0.2, -0.15) is 0 Å². The Hall–Kier alpha value is -0.980. The zero-order valence-electron chi connectivity index (χ0n) is 11.1. The van der Waals surface area contributed by atoms with Crippen LogP contribution in [0.4, 0.5) is 4.39 Å². The van der Waals surface area contributed by atoms with Gasteiger partial charge in [-0.15, -0.1) is 0 Å². The van der Waals surface area contributed by atoms with Gasteiger partial charge in [-0.05, 0) is 50.9 Å². The standard InChI is InChI=1S/C13H19FN2O2S/c1-9-5-6-11(14)8-13(9)19(17,18)16-12-4-3-7-15-10(12)2/h5-6,8,10,12,15-16H,3-4,7H2,1-2H3/t10-,12+/m1/s1. The fraction of sp³-hybridized carbons (Fsp3) is 0.538. The second-order valence-corrected chi connectivity index (χ2v) is 6.71. The third kappa shape index (κ3) is 3.32. The number of hydrogen-bond acceptors (Lipinski definition) is 3. The van der Waals surface area contributed by atoms with Crippen molar-refractivity contribution in [1.29, 1.82) is 0 Å². The number of aryl methyl sites for hydroxylation is 1. The minimum absolute atomic E-state index is 0.0188. The first-order chi connectivity index (χ1) is 8.90. The second-order valence-electron chi connectivity index (χ2n) is 5.02. The average Bonchev–Trinajstić information content (AvgIpc) is 2.35. The lowest BCUT2D eigenvalue weighted by molar-refractivity contribution is 0.348. The van der Waals surface area contributed by atoms with Crippen molar-refractivity contribution >= 4 is 10.0 Å². The smallest absolute Gasteiger partial charge is 0.241 e. The molecule has 0 aliphatic carbocycles. The van der Waals surface area contributed by atoms with E-state index in [0.29, 0.717) is 5.56 Å². The molecule has 1 aliphatic heterocycles. The minimum Gasteiger partial charge on any atom is -0.313 e. The van der Waals surface area contributed by atoms with Crippen molar-refractivity contribution in [1.82, 2.24) is 10.0 Å². The predicted molar refractivity (Wildman–Crippen MR) is 71.9 cm³/mol. The number of nitrogens with one attached hydrogen (secondary N) is 2. The molecule has 0 unspecified atom stereocenters. The van der Waals surface area contributed by atoms with Crippen LogP contribution in [0.15, 0.2) is 23.1 Å². The number of benzene rings is 1. The molecule has 0 aromatic heterocycles. The van der Waals surface area contributed by atoms with Gasteiger partial charge in [-0.1, -0.05) is 6.07 Å². The molecule has 0 amide bonds. The van der Waals surface area contributed by atoms with E-state index in [0.717, 1.165) is 25.5 Å². The number of halogens is 1. The fourth-order valence-electron chi connectivity index (χ4n) is 2.33. The maximum absolute atomic E-state index is 13.2. The van der Waals surface area contributed by atoms with E-state index in [4.69, 9.17) is 0 Å². The minimum atomic E-state index is -3.68. The monoisotopic (exact) mass is 286 g/mol. The fourth-order valence-corrected chi connectivity index (χ4v) is 3.94. The van der Waals surface area contributed by atoms with Crippen molar-refractivity contribution in [3.8, 4) is 0 Å². The number of piperidine rings is 1. The molecular formula is C13H19FN2O2S. The zero-order chi connectivity index (χ0) is 14.0. The summed E-state index contributed by atoms with van der Waals surface area (Å²) in [7, 11) is -3.68. The van der Waals surface area contributed by atoms with Crippen LogP contribution in [0.25, 0.3) is 0 Å². The van der Waals surface area contributed by atoms with Gasteiger partial charge in [-0.25, -0.2) is 17.5 Å². The summed E-state index contributed by atoms with van der Waals surface area (Å²) in [5.41, 5.74) is 0.547. The Morgan fingerprint density at radius 3 is 2.84 bits per heavy atom. The van der Waals surface area contributed by atoms with Crippen molar-refractivity contribution in [2.24, 2.45) is 0 Å². The molecule has 0 radical (unpaired) electrons. The topological polar surface area (TPSA) is 58.2 Å². The highest BCUT2D eigenvalue weighted by Gasteiger charge is 2.27. The van der Waals surface area contributed by atoms with E-state index < -0.39 is 15.8 Å². The summed E-state index contributed by atoms with van der Waals surface area (Å²) in [6.07, 6.45) is 1.72. The van der Waals surface area contributed by atoms with Gasteiger partial charge in [0.05, 0.1) is 4.90 Å². The maximum atomic E-state index is 13.2. The molecule has 1 aliphatic rings. The average molecular weight is 286 g/mol. The van der Waals surface area contributed by atoms with Gasteiger partial charge in [0.1, 0.15) is 5.82 Å². The molecule has 0 saturated carbocycles. The summed E-state index contributed by atoms with van der Waals surface area (Å²) in [6, 6.07) is 3.74.